The Morgan fingerprint density at radius 1 is 1.24 bits per heavy atom. The van der Waals surface area contributed by atoms with Gasteiger partial charge in [-0.25, -0.2) is 0 Å². The molecule has 0 bridgehead atoms. The minimum Gasteiger partial charge on any atom is -0.385 e. The second kappa shape index (κ2) is 8.21. The molecule has 1 atom stereocenters. The minimum atomic E-state index is -0.209. The Kier molecular flexibility index (Phi) is 5.53. The number of ether oxygens (including phenoxy) is 1. The predicted octanol–water partition coefficient (Wildman–Crippen LogP) is 2.98. The minimum absolute atomic E-state index is 0.176. The first-order valence-corrected chi connectivity index (χ1v) is 8.08. The van der Waals surface area contributed by atoms with Crippen LogP contribution in [0.15, 0.2) is 60.9 Å². The lowest BCUT2D eigenvalue weighted by molar-refractivity contribution is 0.0919. The molecule has 0 fully saturated rings. The molecule has 6 nitrogen and oxygen atoms in total. The molecule has 6 heteroatoms. The molecule has 0 saturated carbocycles. The second-order valence-electron chi connectivity index (χ2n) is 5.63. The van der Waals surface area contributed by atoms with Crippen LogP contribution in [0.25, 0.3) is 11.3 Å². The van der Waals surface area contributed by atoms with Crippen molar-refractivity contribution in [2.45, 2.75) is 12.5 Å². The van der Waals surface area contributed by atoms with Gasteiger partial charge in [0.15, 0.2) is 0 Å². The topological polar surface area (TPSA) is 79.9 Å². The number of nitrogens with one attached hydrogen (secondary N) is 2. The average Bonchev–Trinajstić information content (AvgIpc) is 3.17. The maximum Gasteiger partial charge on any atom is 0.269 e. The molecule has 2 heterocycles. The number of hydrogen-bond donors (Lipinski definition) is 2. The number of carbonyl (C=O) groups is 1. The zero-order chi connectivity index (χ0) is 17.5. The zero-order valence-electron chi connectivity index (χ0n) is 14.0. The molecule has 2 aromatic heterocycles. The highest BCUT2D eigenvalue weighted by Gasteiger charge is 2.18. The Bertz CT molecular complexity index is 803. The van der Waals surface area contributed by atoms with Crippen molar-refractivity contribution in [2.24, 2.45) is 0 Å². The van der Waals surface area contributed by atoms with Crippen molar-refractivity contribution in [1.82, 2.24) is 20.5 Å². The highest BCUT2D eigenvalue weighted by molar-refractivity contribution is 5.93. The van der Waals surface area contributed by atoms with E-state index in [9.17, 15) is 4.79 Å². The fourth-order valence-corrected chi connectivity index (χ4v) is 2.57. The van der Waals surface area contributed by atoms with Gasteiger partial charge in [-0.3, -0.25) is 14.9 Å². The second-order valence-corrected chi connectivity index (χ2v) is 5.63. The van der Waals surface area contributed by atoms with Crippen LogP contribution in [0, 0.1) is 0 Å². The number of amides is 1. The zero-order valence-corrected chi connectivity index (χ0v) is 14.0. The number of nitrogens with zero attached hydrogens (tertiary/aromatic N) is 2. The predicted molar refractivity (Wildman–Crippen MR) is 95.0 cm³/mol. The third kappa shape index (κ3) is 4.30. The highest BCUT2D eigenvalue weighted by atomic mass is 16.5. The van der Waals surface area contributed by atoms with Gasteiger partial charge in [-0.15, -0.1) is 0 Å². The van der Waals surface area contributed by atoms with E-state index in [0.29, 0.717) is 18.7 Å². The first-order valence-electron chi connectivity index (χ1n) is 8.08. The highest BCUT2D eigenvalue weighted by Crippen LogP contribution is 2.19. The Balaban J connectivity index is 1.74. The van der Waals surface area contributed by atoms with Crippen LogP contribution in [0.1, 0.15) is 28.5 Å². The fourth-order valence-electron chi connectivity index (χ4n) is 2.57. The van der Waals surface area contributed by atoms with Gasteiger partial charge >= 0.3 is 0 Å². The van der Waals surface area contributed by atoms with Crippen molar-refractivity contribution < 1.29 is 9.53 Å². The van der Waals surface area contributed by atoms with Gasteiger partial charge < -0.3 is 10.1 Å². The molecule has 1 amide bonds. The van der Waals surface area contributed by atoms with Crippen LogP contribution in [0.2, 0.25) is 0 Å². The molecule has 3 rings (SSSR count). The van der Waals surface area contributed by atoms with Crippen LogP contribution in [-0.4, -0.2) is 34.8 Å². The fraction of sp³-hybridized carbons (Fsp3) is 0.211. The number of methoxy groups -OCH3 is 1. The van der Waals surface area contributed by atoms with Crippen LogP contribution >= 0.6 is 0 Å². The largest absolute Gasteiger partial charge is 0.385 e. The van der Waals surface area contributed by atoms with E-state index in [1.807, 2.05) is 42.5 Å². The van der Waals surface area contributed by atoms with E-state index in [2.05, 4.69) is 20.5 Å². The van der Waals surface area contributed by atoms with Crippen molar-refractivity contribution in [2.75, 3.05) is 13.7 Å². The number of aromatic amines is 1. The molecule has 1 aromatic carbocycles. The molecule has 2 N–H and O–H groups in total. The van der Waals surface area contributed by atoms with Crippen LogP contribution in [0.4, 0.5) is 0 Å². The van der Waals surface area contributed by atoms with Crippen LogP contribution < -0.4 is 5.32 Å². The summed E-state index contributed by atoms with van der Waals surface area (Å²) in [7, 11) is 1.64. The number of benzene rings is 1. The van der Waals surface area contributed by atoms with Crippen molar-refractivity contribution in [1.29, 1.82) is 0 Å². The summed E-state index contributed by atoms with van der Waals surface area (Å²) >= 11 is 0. The Morgan fingerprint density at radius 3 is 2.80 bits per heavy atom. The summed E-state index contributed by atoms with van der Waals surface area (Å²) < 4.78 is 5.15. The summed E-state index contributed by atoms with van der Waals surface area (Å²) in [5, 5.41) is 10.1. The van der Waals surface area contributed by atoms with Crippen molar-refractivity contribution in [3.63, 3.8) is 0 Å². The van der Waals surface area contributed by atoms with E-state index >= 15 is 0 Å². The van der Waals surface area contributed by atoms with E-state index < -0.39 is 0 Å². The summed E-state index contributed by atoms with van der Waals surface area (Å²) in [5.74, 6) is -0.209. The van der Waals surface area contributed by atoms with Crippen molar-refractivity contribution in [3.8, 4) is 11.3 Å². The number of carbonyl (C=O) groups excluding carboxylic acids is 1. The summed E-state index contributed by atoms with van der Waals surface area (Å²) in [6.45, 7) is 0.540. The number of hydrogen-bond acceptors (Lipinski definition) is 4. The third-order valence-corrected chi connectivity index (χ3v) is 3.89. The third-order valence-electron chi connectivity index (χ3n) is 3.89. The van der Waals surface area contributed by atoms with Crippen molar-refractivity contribution in [3.05, 3.63) is 72.2 Å². The molecular weight excluding hydrogens is 316 g/mol. The number of pyridine rings is 1. The Hall–Kier alpha value is -2.99. The quantitative estimate of drug-likeness (QED) is 0.695. The van der Waals surface area contributed by atoms with Gasteiger partial charge in [-0.05, 0) is 24.1 Å². The summed E-state index contributed by atoms with van der Waals surface area (Å²) in [6.07, 6.45) is 4.12. The molecule has 0 aliphatic carbocycles. The number of H-pyrrole nitrogens is 1. The van der Waals surface area contributed by atoms with Gasteiger partial charge in [-0.2, -0.15) is 5.10 Å². The molecule has 0 saturated heterocycles. The van der Waals surface area contributed by atoms with Gasteiger partial charge in [-0.1, -0.05) is 36.4 Å². The van der Waals surface area contributed by atoms with Gasteiger partial charge in [0.1, 0.15) is 5.69 Å². The lowest BCUT2D eigenvalue weighted by Gasteiger charge is -2.18. The lowest BCUT2D eigenvalue weighted by Crippen LogP contribution is -2.29. The molecule has 128 valence electrons. The molecule has 0 spiro atoms. The van der Waals surface area contributed by atoms with Crippen LogP contribution in [0.3, 0.4) is 0 Å². The standard InChI is InChI=1S/C19H20N4O2/c1-25-11-9-16(15-8-5-10-20-13-15)21-19(24)18-12-17(22-23-18)14-6-3-2-4-7-14/h2-8,10,12-13,16H,9,11H2,1H3,(H,21,24)(H,22,23). The smallest absolute Gasteiger partial charge is 0.269 e. The Labute approximate surface area is 146 Å². The van der Waals surface area contributed by atoms with E-state index in [0.717, 1.165) is 16.8 Å². The van der Waals surface area contributed by atoms with Gasteiger partial charge in [0, 0.05) is 31.7 Å². The molecule has 0 aliphatic heterocycles. The van der Waals surface area contributed by atoms with E-state index in [1.165, 1.54) is 0 Å². The first kappa shape index (κ1) is 16.9. The summed E-state index contributed by atoms with van der Waals surface area (Å²) in [5.41, 5.74) is 3.06. The molecule has 0 radical (unpaired) electrons. The van der Waals surface area contributed by atoms with Crippen LogP contribution in [0.5, 0.6) is 0 Å². The van der Waals surface area contributed by atoms with Gasteiger partial charge in [0.2, 0.25) is 0 Å². The normalized spacial score (nSPS) is 11.9. The number of aromatic nitrogens is 3. The number of rotatable bonds is 7. The summed E-state index contributed by atoms with van der Waals surface area (Å²) in [6, 6.07) is 15.1. The SMILES string of the molecule is COCCC(NC(=O)c1cc(-c2ccccc2)n[nH]1)c1cccnc1. The molecule has 25 heavy (non-hydrogen) atoms. The van der Waals surface area contributed by atoms with E-state index in [4.69, 9.17) is 4.74 Å². The van der Waals surface area contributed by atoms with Crippen molar-refractivity contribution >= 4 is 5.91 Å². The Morgan fingerprint density at radius 2 is 2.08 bits per heavy atom. The molecular formula is C19H20N4O2. The average molecular weight is 336 g/mol. The molecule has 1 unspecified atom stereocenters. The van der Waals surface area contributed by atoms with Gasteiger partial charge in [0.05, 0.1) is 11.7 Å². The lowest BCUT2D eigenvalue weighted by atomic mass is 10.1. The van der Waals surface area contributed by atoms with Gasteiger partial charge in [0.25, 0.3) is 5.91 Å². The molecule has 3 aromatic rings. The monoisotopic (exact) mass is 336 g/mol. The van der Waals surface area contributed by atoms with Crippen LogP contribution in [-0.2, 0) is 4.74 Å². The summed E-state index contributed by atoms with van der Waals surface area (Å²) in [4.78, 5) is 16.7. The molecule has 0 aliphatic rings. The van der Waals surface area contributed by atoms with E-state index in [-0.39, 0.29) is 11.9 Å². The maximum absolute atomic E-state index is 12.6. The first-order chi connectivity index (χ1) is 12.3. The maximum atomic E-state index is 12.6. The van der Waals surface area contributed by atoms with E-state index in [1.54, 1.807) is 25.6 Å².